The van der Waals surface area contributed by atoms with Gasteiger partial charge in [0, 0.05) is 30.6 Å². The van der Waals surface area contributed by atoms with Crippen LogP contribution in [0.2, 0.25) is 0 Å². The van der Waals surface area contributed by atoms with Crippen molar-refractivity contribution in [1.29, 1.82) is 0 Å². The van der Waals surface area contributed by atoms with Crippen molar-refractivity contribution in [3.05, 3.63) is 76.9 Å². The van der Waals surface area contributed by atoms with Crippen LogP contribution >= 0.6 is 0 Å². The van der Waals surface area contributed by atoms with E-state index in [-0.39, 0.29) is 24.1 Å². The molecule has 0 aliphatic carbocycles. The van der Waals surface area contributed by atoms with Crippen LogP contribution in [-0.4, -0.2) is 37.8 Å². The Morgan fingerprint density at radius 1 is 1.03 bits per heavy atom. The summed E-state index contributed by atoms with van der Waals surface area (Å²) in [5.74, 6) is 0.366. The van der Waals surface area contributed by atoms with Gasteiger partial charge in [-0.05, 0) is 80.5 Å². The highest BCUT2D eigenvalue weighted by Crippen LogP contribution is 2.34. The Labute approximate surface area is 221 Å². The molecular weight excluding hydrogens is 495 g/mol. The lowest BCUT2D eigenvalue weighted by molar-refractivity contribution is -0.143. The van der Waals surface area contributed by atoms with E-state index in [2.05, 4.69) is 0 Å². The van der Waals surface area contributed by atoms with Crippen LogP contribution in [0.15, 0.2) is 65.8 Å². The first-order valence-corrected chi connectivity index (χ1v) is 12.8. The van der Waals surface area contributed by atoms with Crippen LogP contribution in [0.25, 0.3) is 5.57 Å². The van der Waals surface area contributed by atoms with Gasteiger partial charge in [0.25, 0.3) is 0 Å². The molecule has 0 bridgehead atoms. The second-order valence-corrected chi connectivity index (χ2v) is 9.28. The van der Waals surface area contributed by atoms with Gasteiger partial charge in [-0.25, -0.2) is 0 Å². The summed E-state index contributed by atoms with van der Waals surface area (Å²) in [4.78, 5) is 25.9. The zero-order chi connectivity index (χ0) is 27.7. The number of carbonyl (C=O) groups excluding carboxylic acids is 2. The molecule has 0 unspecified atom stereocenters. The lowest BCUT2D eigenvalue weighted by Crippen LogP contribution is -2.28. The van der Waals surface area contributed by atoms with Crippen molar-refractivity contribution in [2.45, 2.75) is 59.1 Å². The van der Waals surface area contributed by atoms with Crippen LogP contribution in [0.5, 0.6) is 5.75 Å². The van der Waals surface area contributed by atoms with Crippen molar-refractivity contribution in [2.75, 3.05) is 24.7 Å². The zero-order valence-electron chi connectivity index (χ0n) is 22.1. The fraction of sp³-hybridized carbons (Fsp3) is 0.400. The van der Waals surface area contributed by atoms with Gasteiger partial charge in [-0.2, -0.15) is 13.2 Å². The Morgan fingerprint density at radius 2 is 1.74 bits per heavy atom. The van der Waals surface area contributed by atoms with Gasteiger partial charge >= 0.3 is 12.1 Å². The number of unbranched alkanes of at least 4 members (excludes halogenated alkanes) is 1. The number of amides is 1. The smallest absolute Gasteiger partial charge is 0.413 e. The summed E-state index contributed by atoms with van der Waals surface area (Å²) in [6.45, 7) is 5.65. The summed E-state index contributed by atoms with van der Waals surface area (Å²) in [6, 6.07) is 14.0. The first-order chi connectivity index (χ1) is 18.1. The minimum Gasteiger partial charge on any atom is -0.489 e. The molecule has 0 radical (unpaired) electrons. The Balaban J connectivity index is 1.61. The number of rotatable bonds is 11. The van der Waals surface area contributed by atoms with E-state index in [9.17, 15) is 22.8 Å². The fourth-order valence-electron chi connectivity index (χ4n) is 4.30. The average Bonchev–Trinajstić information content (AvgIpc) is 3.31. The number of ether oxygens (including phenoxy) is 2. The standard InChI is InChI=1S/C30H34F3NO4/c1-4-37-29(36)13-9-8-12-28(35)34-17-16-24-19-25(14-15-27(24)34)38-20-21(2)18-26(22(3)30(31,32)33)23-10-6-5-7-11-23/h5-7,10-11,14-15,18-19H,4,8-9,12-13,16-17,20H2,1-3H3/b21-18+,26-22-. The summed E-state index contributed by atoms with van der Waals surface area (Å²) in [5, 5.41) is 0. The minimum absolute atomic E-state index is 0.0142. The summed E-state index contributed by atoms with van der Waals surface area (Å²) in [6.07, 6.45) is -0.332. The molecule has 3 rings (SSSR count). The number of anilines is 1. The van der Waals surface area contributed by atoms with Gasteiger partial charge in [-0.15, -0.1) is 0 Å². The van der Waals surface area contributed by atoms with E-state index in [1.165, 1.54) is 6.08 Å². The molecular formula is C30H34F3NO4. The highest BCUT2D eigenvalue weighted by Gasteiger charge is 2.32. The van der Waals surface area contributed by atoms with Crippen molar-refractivity contribution in [1.82, 2.24) is 0 Å². The van der Waals surface area contributed by atoms with Gasteiger partial charge in [-0.3, -0.25) is 9.59 Å². The molecule has 0 spiro atoms. The maximum absolute atomic E-state index is 13.5. The van der Waals surface area contributed by atoms with E-state index in [1.54, 1.807) is 55.1 Å². The predicted octanol–water partition coefficient (Wildman–Crippen LogP) is 7.06. The summed E-state index contributed by atoms with van der Waals surface area (Å²) < 4.78 is 51.3. The molecule has 0 saturated heterocycles. The number of fused-ring (bicyclic) bond motifs is 1. The normalized spacial score (nSPS) is 14.2. The molecule has 0 fully saturated rings. The van der Waals surface area contributed by atoms with Crippen LogP contribution in [0, 0.1) is 0 Å². The van der Waals surface area contributed by atoms with E-state index in [0.29, 0.717) is 62.1 Å². The third kappa shape index (κ3) is 7.97. The largest absolute Gasteiger partial charge is 0.489 e. The molecule has 2 aromatic rings. The maximum Gasteiger partial charge on any atom is 0.413 e. The van der Waals surface area contributed by atoms with Crippen LogP contribution in [0.3, 0.4) is 0 Å². The number of benzene rings is 2. The Bertz CT molecular complexity index is 1190. The van der Waals surface area contributed by atoms with Crippen LogP contribution in [-0.2, 0) is 20.7 Å². The molecule has 1 aliphatic heterocycles. The van der Waals surface area contributed by atoms with Crippen molar-refractivity contribution in [3.8, 4) is 5.75 Å². The molecule has 1 aliphatic rings. The van der Waals surface area contributed by atoms with Crippen molar-refractivity contribution in [2.24, 2.45) is 0 Å². The van der Waals surface area contributed by atoms with Crippen molar-refractivity contribution in [3.63, 3.8) is 0 Å². The number of halogens is 3. The number of hydrogen-bond donors (Lipinski definition) is 0. The van der Waals surface area contributed by atoms with E-state index in [1.807, 2.05) is 12.1 Å². The highest BCUT2D eigenvalue weighted by molar-refractivity contribution is 5.95. The van der Waals surface area contributed by atoms with Gasteiger partial charge in [0.1, 0.15) is 12.4 Å². The molecule has 1 amide bonds. The minimum atomic E-state index is -4.44. The van der Waals surface area contributed by atoms with E-state index >= 15 is 0 Å². The molecule has 204 valence electrons. The molecule has 2 aromatic carbocycles. The number of nitrogens with zero attached hydrogens (tertiary/aromatic N) is 1. The van der Waals surface area contributed by atoms with E-state index in [4.69, 9.17) is 9.47 Å². The van der Waals surface area contributed by atoms with Gasteiger partial charge in [0.05, 0.1) is 6.61 Å². The van der Waals surface area contributed by atoms with E-state index < -0.39 is 11.7 Å². The van der Waals surface area contributed by atoms with Crippen molar-refractivity contribution >= 4 is 23.1 Å². The SMILES string of the molecule is CCOC(=O)CCCCC(=O)N1CCc2cc(OC/C(C)=C/C(=C(\C)C(F)(F)F)c3ccccc3)ccc21. The lowest BCUT2D eigenvalue weighted by Gasteiger charge is -2.18. The quantitative estimate of drug-likeness (QED) is 0.178. The molecule has 38 heavy (non-hydrogen) atoms. The number of allylic oxidation sites excluding steroid dienone is 3. The van der Waals surface area contributed by atoms with Gasteiger partial charge < -0.3 is 14.4 Å². The third-order valence-electron chi connectivity index (χ3n) is 6.35. The van der Waals surface area contributed by atoms with Gasteiger partial charge in [0.15, 0.2) is 0 Å². The molecule has 1 heterocycles. The monoisotopic (exact) mass is 529 g/mol. The third-order valence-corrected chi connectivity index (χ3v) is 6.35. The predicted molar refractivity (Wildman–Crippen MR) is 142 cm³/mol. The van der Waals surface area contributed by atoms with Gasteiger partial charge in [-0.1, -0.05) is 36.4 Å². The zero-order valence-corrected chi connectivity index (χ0v) is 22.1. The molecule has 0 atom stereocenters. The Hall–Kier alpha value is -3.55. The van der Waals surface area contributed by atoms with Crippen molar-refractivity contribution < 1.29 is 32.2 Å². The Morgan fingerprint density at radius 3 is 2.42 bits per heavy atom. The topological polar surface area (TPSA) is 55.8 Å². The number of alkyl halides is 3. The number of carbonyl (C=O) groups is 2. The molecule has 0 aromatic heterocycles. The summed E-state index contributed by atoms with van der Waals surface area (Å²) >= 11 is 0. The molecule has 8 heteroatoms. The van der Waals surface area contributed by atoms with Crippen LogP contribution in [0.1, 0.15) is 57.6 Å². The average molecular weight is 530 g/mol. The molecule has 0 saturated carbocycles. The van der Waals surface area contributed by atoms with Crippen LogP contribution < -0.4 is 9.64 Å². The summed E-state index contributed by atoms with van der Waals surface area (Å²) in [5.41, 5.74) is 2.42. The lowest BCUT2D eigenvalue weighted by atomic mass is 9.98. The highest BCUT2D eigenvalue weighted by atomic mass is 19.4. The van der Waals surface area contributed by atoms with Crippen LogP contribution in [0.4, 0.5) is 18.9 Å². The summed E-state index contributed by atoms with van der Waals surface area (Å²) in [7, 11) is 0. The molecule has 5 nitrogen and oxygen atoms in total. The fourth-order valence-corrected chi connectivity index (χ4v) is 4.30. The Kier molecular flexibility index (Phi) is 10.2. The second kappa shape index (κ2) is 13.3. The molecule has 0 N–H and O–H groups in total. The maximum atomic E-state index is 13.5. The van der Waals surface area contributed by atoms with Gasteiger partial charge in [0.2, 0.25) is 5.91 Å². The number of hydrogen-bond acceptors (Lipinski definition) is 4. The van der Waals surface area contributed by atoms with E-state index in [0.717, 1.165) is 18.2 Å². The first-order valence-electron chi connectivity index (χ1n) is 12.8. The number of esters is 1. The first kappa shape index (κ1) is 29.0. The second-order valence-electron chi connectivity index (χ2n) is 9.28.